The molecule has 0 fully saturated rings. The molecule has 0 saturated heterocycles. The van der Waals surface area contributed by atoms with Gasteiger partial charge >= 0.3 is 0 Å². The predicted molar refractivity (Wildman–Crippen MR) is 105 cm³/mol. The molecular formula is C20H15FN4O2S. The summed E-state index contributed by atoms with van der Waals surface area (Å²) in [5.74, 6) is -0.380. The molecule has 1 amide bonds. The second-order valence-corrected chi connectivity index (χ2v) is 7.03. The van der Waals surface area contributed by atoms with Crippen molar-refractivity contribution >= 4 is 22.9 Å². The summed E-state index contributed by atoms with van der Waals surface area (Å²) in [4.78, 5) is 17.9. The van der Waals surface area contributed by atoms with Gasteiger partial charge in [0, 0.05) is 5.69 Å². The molecule has 0 spiro atoms. The van der Waals surface area contributed by atoms with Gasteiger partial charge in [-0.2, -0.15) is 0 Å². The fraction of sp³-hybridized carbons (Fsp3) is 0.0500. The number of carbonyl (C=O) groups excluding carboxylic acids is 1. The number of thiophene rings is 1. The predicted octanol–water partition coefficient (Wildman–Crippen LogP) is 4.40. The number of aromatic hydroxyl groups is 1. The van der Waals surface area contributed by atoms with Crippen molar-refractivity contribution in [3.8, 4) is 22.1 Å². The molecule has 0 aliphatic carbocycles. The van der Waals surface area contributed by atoms with Crippen LogP contribution in [0.25, 0.3) is 16.4 Å². The smallest absolute Gasteiger partial charge is 0.295 e. The number of phenolic OH excluding ortho intramolecular Hbond substituents is 1. The third-order valence-electron chi connectivity index (χ3n) is 4.06. The maximum Gasteiger partial charge on any atom is 0.295 e. The van der Waals surface area contributed by atoms with Gasteiger partial charge in [0.25, 0.3) is 5.91 Å². The summed E-state index contributed by atoms with van der Waals surface area (Å²) in [7, 11) is 0. The zero-order valence-electron chi connectivity index (χ0n) is 14.8. The molecule has 4 aromatic rings. The molecule has 0 aliphatic heterocycles. The number of nitrogens with zero attached hydrogens (tertiary/aromatic N) is 3. The Hall–Kier alpha value is -3.52. The zero-order valence-corrected chi connectivity index (χ0v) is 15.6. The number of aryl methyl sites for hydroxylation is 1. The molecule has 8 heteroatoms. The Morgan fingerprint density at radius 1 is 1.18 bits per heavy atom. The van der Waals surface area contributed by atoms with E-state index in [4.69, 9.17) is 0 Å². The summed E-state index contributed by atoms with van der Waals surface area (Å²) in [6, 6.07) is 14.3. The lowest BCUT2D eigenvalue weighted by molar-refractivity contribution is 0.101. The van der Waals surface area contributed by atoms with Crippen LogP contribution in [0.1, 0.15) is 16.2 Å². The molecule has 140 valence electrons. The SMILES string of the molecule is Cc1cc(O)ccc1NC(=O)c1nc(-c2cccs2)n(-c2cccc(F)c2)n1. The first kappa shape index (κ1) is 17.9. The summed E-state index contributed by atoms with van der Waals surface area (Å²) < 4.78 is 15.2. The Labute approximate surface area is 163 Å². The van der Waals surface area contributed by atoms with E-state index in [1.54, 1.807) is 31.2 Å². The van der Waals surface area contributed by atoms with Crippen molar-refractivity contribution in [2.75, 3.05) is 5.32 Å². The molecule has 0 atom stereocenters. The molecule has 4 rings (SSSR count). The van der Waals surface area contributed by atoms with Crippen molar-refractivity contribution in [3.05, 3.63) is 77.2 Å². The van der Waals surface area contributed by atoms with E-state index in [9.17, 15) is 14.3 Å². The van der Waals surface area contributed by atoms with Crippen molar-refractivity contribution in [1.82, 2.24) is 14.8 Å². The maximum atomic E-state index is 13.7. The molecule has 2 aromatic heterocycles. The first-order valence-corrected chi connectivity index (χ1v) is 9.27. The van der Waals surface area contributed by atoms with Crippen LogP contribution in [0.2, 0.25) is 0 Å². The number of phenols is 1. The van der Waals surface area contributed by atoms with Crippen molar-refractivity contribution in [2.24, 2.45) is 0 Å². The van der Waals surface area contributed by atoms with Crippen molar-refractivity contribution in [3.63, 3.8) is 0 Å². The van der Waals surface area contributed by atoms with Crippen LogP contribution >= 0.6 is 11.3 Å². The number of aromatic nitrogens is 3. The third kappa shape index (κ3) is 3.49. The number of benzene rings is 2. The van der Waals surface area contributed by atoms with Gasteiger partial charge in [-0.05, 0) is 60.3 Å². The van der Waals surface area contributed by atoms with Gasteiger partial charge in [-0.3, -0.25) is 4.79 Å². The van der Waals surface area contributed by atoms with E-state index in [-0.39, 0.29) is 11.6 Å². The second-order valence-electron chi connectivity index (χ2n) is 6.08. The third-order valence-corrected chi connectivity index (χ3v) is 4.93. The minimum Gasteiger partial charge on any atom is -0.508 e. The lowest BCUT2D eigenvalue weighted by atomic mass is 10.2. The standard InChI is InChI=1S/C20H15FN4O2S/c1-12-10-15(26)7-8-16(12)22-20(27)18-23-19(17-6-3-9-28-17)25(24-18)14-5-2-4-13(21)11-14/h2-11,26H,1H3,(H,22,27). The van der Waals surface area contributed by atoms with E-state index in [0.717, 1.165) is 4.88 Å². The van der Waals surface area contributed by atoms with Crippen LogP contribution in [0.4, 0.5) is 10.1 Å². The monoisotopic (exact) mass is 394 g/mol. The Morgan fingerprint density at radius 2 is 2.04 bits per heavy atom. The Bertz CT molecular complexity index is 1150. The minimum atomic E-state index is -0.498. The molecule has 2 heterocycles. The molecule has 0 bridgehead atoms. The minimum absolute atomic E-state index is 0.0415. The molecule has 2 aromatic carbocycles. The number of carbonyl (C=O) groups is 1. The van der Waals surface area contributed by atoms with E-state index in [2.05, 4.69) is 15.4 Å². The summed E-state index contributed by atoms with van der Waals surface area (Å²) >= 11 is 1.45. The number of anilines is 1. The first-order valence-electron chi connectivity index (χ1n) is 8.39. The van der Waals surface area contributed by atoms with E-state index in [0.29, 0.717) is 22.8 Å². The molecular weight excluding hydrogens is 379 g/mol. The van der Waals surface area contributed by atoms with Gasteiger partial charge in [0.05, 0.1) is 10.6 Å². The summed E-state index contributed by atoms with van der Waals surface area (Å²) in [5.41, 5.74) is 1.72. The molecule has 0 radical (unpaired) electrons. The maximum absolute atomic E-state index is 13.7. The van der Waals surface area contributed by atoms with Gasteiger partial charge in [-0.25, -0.2) is 14.1 Å². The number of hydrogen-bond donors (Lipinski definition) is 2. The topological polar surface area (TPSA) is 80.0 Å². The first-order chi connectivity index (χ1) is 13.5. The number of nitrogens with one attached hydrogen (secondary N) is 1. The highest BCUT2D eigenvalue weighted by molar-refractivity contribution is 7.13. The largest absolute Gasteiger partial charge is 0.508 e. The average Bonchev–Trinajstić information content (AvgIpc) is 3.33. The fourth-order valence-electron chi connectivity index (χ4n) is 2.73. The van der Waals surface area contributed by atoms with Crippen LogP contribution in [-0.4, -0.2) is 25.8 Å². The molecule has 0 aliphatic rings. The average molecular weight is 394 g/mol. The highest BCUT2D eigenvalue weighted by Gasteiger charge is 2.20. The van der Waals surface area contributed by atoms with Crippen molar-refractivity contribution in [1.29, 1.82) is 0 Å². The lowest BCUT2D eigenvalue weighted by Gasteiger charge is -2.06. The van der Waals surface area contributed by atoms with Crippen LogP contribution in [0.5, 0.6) is 5.75 Å². The van der Waals surface area contributed by atoms with E-state index >= 15 is 0 Å². The van der Waals surface area contributed by atoms with Gasteiger partial charge in [0.1, 0.15) is 11.6 Å². The van der Waals surface area contributed by atoms with Crippen LogP contribution in [0, 0.1) is 12.7 Å². The summed E-state index contributed by atoms with van der Waals surface area (Å²) in [6.45, 7) is 1.77. The van der Waals surface area contributed by atoms with Crippen molar-refractivity contribution in [2.45, 2.75) is 6.92 Å². The normalized spacial score (nSPS) is 10.8. The molecule has 0 saturated carbocycles. The fourth-order valence-corrected chi connectivity index (χ4v) is 3.43. The molecule has 6 nitrogen and oxygen atoms in total. The van der Waals surface area contributed by atoms with Crippen LogP contribution in [0.15, 0.2) is 60.0 Å². The van der Waals surface area contributed by atoms with Gasteiger partial charge in [0.15, 0.2) is 5.82 Å². The summed E-state index contributed by atoms with van der Waals surface area (Å²) in [5, 5.41) is 18.4. The highest BCUT2D eigenvalue weighted by Crippen LogP contribution is 2.26. The van der Waals surface area contributed by atoms with Crippen molar-refractivity contribution < 1.29 is 14.3 Å². The van der Waals surface area contributed by atoms with Gasteiger partial charge < -0.3 is 10.4 Å². The van der Waals surface area contributed by atoms with Crippen LogP contribution < -0.4 is 5.32 Å². The number of amides is 1. The van der Waals surface area contributed by atoms with Crippen LogP contribution in [-0.2, 0) is 0 Å². The van der Waals surface area contributed by atoms with E-state index in [1.165, 1.54) is 34.2 Å². The Morgan fingerprint density at radius 3 is 2.75 bits per heavy atom. The molecule has 2 N–H and O–H groups in total. The number of halogens is 1. The van der Waals surface area contributed by atoms with Gasteiger partial charge in [-0.1, -0.05) is 12.1 Å². The lowest BCUT2D eigenvalue weighted by Crippen LogP contribution is -2.15. The zero-order chi connectivity index (χ0) is 19.7. The van der Waals surface area contributed by atoms with Gasteiger partial charge in [-0.15, -0.1) is 16.4 Å². The number of rotatable bonds is 4. The molecule has 0 unspecified atom stereocenters. The number of hydrogen-bond acceptors (Lipinski definition) is 5. The highest BCUT2D eigenvalue weighted by atomic mass is 32.1. The Kier molecular flexibility index (Phi) is 4.62. The van der Waals surface area contributed by atoms with E-state index < -0.39 is 11.7 Å². The molecule has 28 heavy (non-hydrogen) atoms. The Balaban J connectivity index is 1.74. The summed E-state index contributed by atoms with van der Waals surface area (Å²) in [6.07, 6.45) is 0. The second kappa shape index (κ2) is 7.24. The quantitative estimate of drug-likeness (QED) is 0.503. The van der Waals surface area contributed by atoms with E-state index in [1.807, 2.05) is 17.5 Å². The van der Waals surface area contributed by atoms with Crippen LogP contribution in [0.3, 0.4) is 0 Å². The van der Waals surface area contributed by atoms with Gasteiger partial charge in [0.2, 0.25) is 5.82 Å².